The highest BCUT2D eigenvalue weighted by Crippen LogP contribution is 2.14. The number of hydrogen-bond donors (Lipinski definition) is 3. The van der Waals surface area contributed by atoms with E-state index in [0.29, 0.717) is 22.8 Å². The molecule has 0 saturated heterocycles. The highest BCUT2D eigenvalue weighted by Gasteiger charge is 2.06. The van der Waals surface area contributed by atoms with Crippen molar-refractivity contribution in [2.45, 2.75) is 6.54 Å². The molecule has 3 rings (SSSR count). The number of carbonyl (C=O) groups excluding carboxylic acids is 2. The lowest BCUT2D eigenvalue weighted by molar-refractivity contribution is -0.114. The molecule has 0 unspecified atom stereocenters. The van der Waals surface area contributed by atoms with E-state index in [1.807, 2.05) is 30.3 Å². The minimum Gasteiger partial charge on any atom is -0.376 e. The number of carbonyl (C=O) groups is 2. The van der Waals surface area contributed by atoms with Crippen LogP contribution in [-0.2, 0) is 11.3 Å². The van der Waals surface area contributed by atoms with Crippen molar-refractivity contribution >= 4 is 34.8 Å². The monoisotopic (exact) mass is 393 g/mol. The van der Waals surface area contributed by atoms with Crippen LogP contribution in [0.15, 0.2) is 78.9 Å². The molecule has 6 heteroatoms. The predicted octanol–water partition coefficient (Wildman–Crippen LogP) is 4.32. The van der Waals surface area contributed by atoms with Crippen LogP contribution < -0.4 is 16.0 Å². The summed E-state index contributed by atoms with van der Waals surface area (Å²) >= 11 is 5.82. The SMILES string of the molecule is O=C(CNc1ccc(C(=O)NCc2ccccc2)cc1)Nc1ccc(Cl)cc1. The van der Waals surface area contributed by atoms with Gasteiger partial charge in [-0.05, 0) is 54.1 Å². The number of hydrogen-bond acceptors (Lipinski definition) is 3. The average molecular weight is 394 g/mol. The Bertz CT molecular complexity index is 926. The zero-order valence-corrected chi connectivity index (χ0v) is 15.9. The van der Waals surface area contributed by atoms with E-state index >= 15 is 0 Å². The summed E-state index contributed by atoms with van der Waals surface area (Å²) in [6.45, 7) is 0.590. The Hall–Kier alpha value is -3.31. The number of halogens is 1. The maximum atomic E-state index is 12.2. The number of nitrogens with one attached hydrogen (secondary N) is 3. The Balaban J connectivity index is 1.46. The quantitative estimate of drug-likeness (QED) is 0.559. The third kappa shape index (κ3) is 5.86. The van der Waals surface area contributed by atoms with E-state index < -0.39 is 0 Å². The van der Waals surface area contributed by atoms with Gasteiger partial charge >= 0.3 is 0 Å². The van der Waals surface area contributed by atoms with Gasteiger partial charge in [0.05, 0.1) is 6.54 Å². The standard InChI is InChI=1S/C22H20ClN3O2/c23-18-8-12-20(13-9-18)26-21(27)15-24-19-10-6-17(7-11-19)22(28)25-14-16-4-2-1-3-5-16/h1-13,24H,14-15H2,(H,25,28)(H,26,27). The van der Waals surface area contributed by atoms with Gasteiger partial charge in [0.15, 0.2) is 0 Å². The van der Waals surface area contributed by atoms with Crippen molar-refractivity contribution in [1.29, 1.82) is 0 Å². The summed E-state index contributed by atoms with van der Waals surface area (Å²) in [5.41, 5.74) is 3.04. The van der Waals surface area contributed by atoms with Gasteiger partial charge < -0.3 is 16.0 Å². The van der Waals surface area contributed by atoms with Gasteiger partial charge in [0.2, 0.25) is 5.91 Å². The molecule has 28 heavy (non-hydrogen) atoms. The normalized spacial score (nSPS) is 10.2. The molecule has 0 aliphatic carbocycles. The molecular formula is C22H20ClN3O2. The predicted molar refractivity (Wildman–Crippen MR) is 113 cm³/mol. The van der Waals surface area contributed by atoms with Crippen molar-refractivity contribution in [3.63, 3.8) is 0 Å². The molecule has 0 aromatic heterocycles. The van der Waals surface area contributed by atoms with E-state index in [0.717, 1.165) is 11.3 Å². The van der Waals surface area contributed by atoms with Crippen LogP contribution in [0.25, 0.3) is 0 Å². The summed E-state index contributed by atoms with van der Waals surface area (Å²) in [7, 11) is 0. The topological polar surface area (TPSA) is 70.2 Å². The second-order valence-corrected chi connectivity index (χ2v) is 6.59. The largest absolute Gasteiger partial charge is 0.376 e. The summed E-state index contributed by atoms with van der Waals surface area (Å²) in [6, 6.07) is 23.6. The first-order valence-corrected chi connectivity index (χ1v) is 9.19. The van der Waals surface area contributed by atoms with Crippen molar-refractivity contribution in [2.75, 3.05) is 17.2 Å². The van der Waals surface area contributed by atoms with Crippen LogP contribution in [0.3, 0.4) is 0 Å². The molecule has 0 saturated carbocycles. The Morgan fingerprint density at radius 1 is 0.786 bits per heavy atom. The Morgan fingerprint density at radius 3 is 2.11 bits per heavy atom. The number of benzene rings is 3. The molecule has 0 atom stereocenters. The summed E-state index contributed by atoms with van der Waals surface area (Å²) in [5, 5.41) is 9.31. The fraction of sp³-hybridized carbons (Fsp3) is 0.0909. The van der Waals surface area contributed by atoms with E-state index in [9.17, 15) is 9.59 Å². The second kappa shape index (κ2) is 9.58. The molecule has 3 N–H and O–H groups in total. The van der Waals surface area contributed by atoms with Gasteiger partial charge in [-0.15, -0.1) is 0 Å². The summed E-state index contributed by atoms with van der Waals surface area (Å²) in [5.74, 6) is -0.317. The van der Waals surface area contributed by atoms with Crippen LogP contribution in [0, 0.1) is 0 Å². The molecule has 0 heterocycles. The van der Waals surface area contributed by atoms with Crippen molar-refractivity contribution < 1.29 is 9.59 Å². The van der Waals surface area contributed by atoms with E-state index in [-0.39, 0.29) is 18.4 Å². The van der Waals surface area contributed by atoms with Gasteiger partial charge in [0.1, 0.15) is 0 Å². The van der Waals surface area contributed by atoms with E-state index in [1.54, 1.807) is 48.5 Å². The van der Waals surface area contributed by atoms with Crippen molar-refractivity contribution in [3.8, 4) is 0 Å². The van der Waals surface area contributed by atoms with E-state index in [1.165, 1.54) is 0 Å². The summed E-state index contributed by atoms with van der Waals surface area (Å²) < 4.78 is 0. The zero-order chi connectivity index (χ0) is 19.8. The maximum absolute atomic E-state index is 12.2. The molecular weight excluding hydrogens is 374 g/mol. The Labute approximate surface area is 168 Å². The average Bonchev–Trinajstić information content (AvgIpc) is 2.73. The van der Waals surface area contributed by atoms with Crippen molar-refractivity contribution in [1.82, 2.24) is 5.32 Å². The molecule has 3 aromatic carbocycles. The first-order valence-electron chi connectivity index (χ1n) is 8.81. The molecule has 0 aliphatic rings. The molecule has 5 nitrogen and oxygen atoms in total. The number of anilines is 2. The Kier molecular flexibility index (Phi) is 6.65. The van der Waals surface area contributed by atoms with Gasteiger partial charge in [0.25, 0.3) is 5.91 Å². The molecule has 142 valence electrons. The van der Waals surface area contributed by atoms with Gasteiger partial charge in [-0.25, -0.2) is 0 Å². The fourth-order valence-corrected chi connectivity index (χ4v) is 2.67. The first-order chi connectivity index (χ1) is 13.6. The second-order valence-electron chi connectivity index (χ2n) is 6.15. The van der Waals surface area contributed by atoms with Crippen molar-refractivity contribution in [2.24, 2.45) is 0 Å². The molecule has 0 aliphatic heterocycles. The lowest BCUT2D eigenvalue weighted by Crippen LogP contribution is -2.23. The van der Waals surface area contributed by atoms with Crippen LogP contribution in [-0.4, -0.2) is 18.4 Å². The smallest absolute Gasteiger partial charge is 0.251 e. The van der Waals surface area contributed by atoms with E-state index in [4.69, 9.17) is 11.6 Å². The molecule has 0 bridgehead atoms. The van der Waals surface area contributed by atoms with Crippen LogP contribution in [0.1, 0.15) is 15.9 Å². The zero-order valence-electron chi connectivity index (χ0n) is 15.1. The highest BCUT2D eigenvalue weighted by atomic mass is 35.5. The molecule has 0 radical (unpaired) electrons. The molecule has 0 spiro atoms. The van der Waals surface area contributed by atoms with Crippen LogP contribution in [0.4, 0.5) is 11.4 Å². The molecule has 2 amide bonds. The number of amides is 2. The first kappa shape index (κ1) is 19.5. The van der Waals surface area contributed by atoms with Crippen LogP contribution in [0.5, 0.6) is 0 Å². The minimum atomic E-state index is -0.174. The molecule has 3 aromatic rings. The Morgan fingerprint density at radius 2 is 1.43 bits per heavy atom. The molecule has 0 fully saturated rings. The third-order valence-electron chi connectivity index (χ3n) is 4.02. The van der Waals surface area contributed by atoms with Gasteiger partial charge in [-0.3, -0.25) is 9.59 Å². The van der Waals surface area contributed by atoms with Gasteiger partial charge in [-0.2, -0.15) is 0 Å². The third-order valence-corrected chi connectivity index (χ3v) is 4.28. The lowest BCUT2D eigenvalue weighted by atomic mass is 10.1. The minimum absolute atomic E-state index is 0.113. The highest BCUT2D eigenvalue weighted by molar-refractivity contribution is 6.30. The van der Waals surface area contributed by atoms with Crippen LogP contribution in [0.2, 0.25) is 5.02 Å². The summed E-state index contributed by atoms with van der Waals surface area (Å²) in [4.78, 5) is 24.2. The van der Waals surface area contributed by atoms with Crippen molar-refractivity contribution in [3.05, 3.63) is 95.0 Å². The van der Waals surface area contributed by atoms with Gasteiger partial charge in [-0.1, -0.05) is 41.9 Å². The fourth-order valence-electron chi connectivity index (χ4n) is 2.54. The van der Waals surface area contributed by atoms with Gasteiger partial charge in [0, 0.05) is 28.5 Å². The lowest BCUT2D eigenvalue weighted by Gasteiger charge is -2.09. The number of rotatable bonds is 7. The maximum Gasteiger partial charge on any atom is 0.251 e. The van der Waals surface area contributed by atoms with E-state index in [2.05, 4.69) is 16.0 Å². The summed E-state index contributed by atoms with van der Waals surface area (Å²) in [6.07, 6.45) is 0. The van der Waals surface area contributed by atoms with Crippen LogP contribution >= 0.6 is 11.6 Å².